The number of nitrogens with one attached hydrogen (secondary N) is 1. The van der Waals surface area contributed by atoms with Crippen LogP contribution in [0.15, 0.2) is 24.3 Å². The summed E-state index contributed by atoms with van der Waals surface area (Å²) in [6.07, 6.45) is 0. The quantitative estimate of drug-likeness (QED) is 0.443. The number of benzene rings is 1. The highest BCUT2D eigenvalue weighted by Gasteiger charge is 2.22. The van der Waals surface area contributed by atoms with E-state index in [1.807, 2.05) is 13.0 Å². The van der Waals surface area contributed by atoms with Crippen LogP contribution in [0.3, 0.4) is 0 Å². The molecule has 0 aliphatic carbocycles. The topological polar surface area (TPSA) is 12.0 Å². The number of halogens is 1. The maximum Gasteiger partial charge on any atom is 0.116 e. The zero-order chi connectivity index (χ0) is 9.90. The summed E-state index contributed by atoms with van der Waals surface area (Å²) in [6, 6.07) is 8.33. The standard InChI is InChI=1S/C10H16ClNSi/c1-3-12-10(2,11)8-6-4-5-7-9(8)13/h4-7,12H,3H2,1-2,13H3. The molecular weight excluding hydrogens is 198 g/mol. The van der Waals surface area contributed by atoms with Gasteiger partial charge >= 0.3 is 0 Å². The third kappa shape index (κ3) is 2.56. The molecule has 0 bridgehead atoms. The lowest BCUT2D eigenvalue weighted by Gasteiger charge is -2.25. The molecule has 3 heteroatoms. The van der Waals surface area contributed by atoms with E-state index in [4.69, 9.17) is 11.6 Å². The molecule has 0 aliphatic rings. The van der Waals surface area contributed by atoms with Gasteiger partial charge in [-0.1, -0.05) is 48.0 Å². The average molecular weight is 214 g/mol. The second-order valence-corrected chi connectivity index (χ2v) is 5.18. The normalized spacial score (nSPS) is 15.6. The van der Waals surface area contributed by atoms with Gasteiger partial charge in [-0.2, -0.15) is 0 Å². The van der Waals surface area contributed by atoms with Crippen molar-refractivity contribution in [1.29, 1.82) is 0 Å². The number of alkyl halides is 1. The van der Waals surface area contributed by atoms with Crippen molar-refractivity contribution in [3.63, 3.8) is 0 Å². The van der Waals surface area contributed by atoms with Crippen LogP contribution in [0.4, 0.5) is 0 Å². The zero-order valence-corrected chi connectivity index (χ0v) is 11.2. The third-order valence-electron chi connectivity index (χ3n) is 2.16. The van der Waals surface area contributed by atoms with Gasteiger partial charge in [0, 0.05) is 10.2 Å². The Kier molecular flexibility index (Phi) is 3.53. The zero-order valence-electron chi connectivity index (χ0n) is 8.39. The molecule has 1 unspecified atom stereocenters. The molecule has 1 aromatic carbocycles. The number of hydrogen-bond acceptors (Lipinski definition) is 1. The van der Waals surface area contributed by atoms with Gasteiger partial charge in [0.2, 0.25) is 0 Å². The van der Waals surface area contributed by atoms with E-state index >= 15 is 0 Å². The maximum atomic E-state index is 6.38. The molecule has 72 valence electrons. The first-order valence-corrected chi connectivity index (χ1v) is 5.95. The lowest BCUT2D eigenvalue weighted by Crippen LogP contribution is -2.37. The lowest BCUT2D eigenvalue weighted by molar-refractivity contribution is 0.534. The predicted octanol–water partition coefficient (Wildman–Crippen LogP) is 0.698. The van der Waals surface area contributed by atoms with Crippen LogP contribution in [0.5, 0.6) is 0 Å². The minimum Gasteiger partial charge on any atom is -0.296 e. The first kappa shape index (κ1) is 10.8. The van der Waals surface area contributed by atoms with Gasteiger partial charge in [-0.3, -0.25) is 5.32 Å². The predicted molar refractivity (Wildman–Crippen MR) is 62.9 cm³/mol. The van der Waals surface area contributed by atoms with Gasteiger partial charge in [0.1, 0.15) is 5.00 Å². The minimum absolute atomic E-state index is 0.410. The fraction of sp³-hybridized carbons (Fsp3) is 0.400. The Hall–Kier alpha value is -0.313. The molecule has 0 spiro atoms. The highest BCUT2D eigenvalue weighted by Crippen LogP contribution is 2.22. The molecule has 1 aromatic rings. The molecule has 0 aromatic heterocycles. The Bertz CT molecular complexity index is 286. The van der Waals surface area contributed by atoms with Crippen molar-refractivity contribution in [1.82, 2.24) is 5.32 Å². The Morgan fingerprint density at radius 1 is 1.46 bits per heavy atom. The van der Waals surface area contributed by atoms with Crippen LogP contribution in [-0.4, -0.2) is 16.8 Å². The van der Waals surface area contributed by atoms with Crippen LogP contribution in [0.1, 0.15) is 19.4 Å². The summed E-state index contributed by atoms with van der Waals surface area (Å²) in [7, 11) is 1.04. The van der Waals surface area contributed by atoms with Crippen LogP contribution >= 0.6 is 11.6 Å². The van der Waals surface area contributed by atoms with E-state index in [1.165, 1.54) is 10.8 Å². The Morgan fingerprint density at radius 3 is 2.62 bits per heavy atom. The van der Waals surface area contributed by atoms with Crippen LogP contribution in [0, 0.1) is 0 Å². The summed E-state index contributed by atoms with van der Waals surface area (Å²) in [4.78, 5) is -0.410. The molecule has 0 radical (unpaired) electrons. The second-order valence-electron chi connectivity index (χ2n) is 3.35. The van der Waals surface area contributed by atoms with Crippen molar-refractivity contribution >= 4 is 27.0 Å². The van der Waals surface area contributed by atoms with E-state index in [0.29, 0.717) is 0 Å². The lowest BCUT2D eigenvalue weighted by atomic mass is 10.1. The van der Waals surface area contributed by atoms with E-state index in [-0.39, 0.29) is 0 Å². The molecule has 0 heterocycles. The highest BCUT2D eigenvalue weighted by molar-refractivity contribution is 6.35. The van der Waals surface area contributed by atoms with Crippen molar-refractivity contribution in [2.24, 2.45) is 0 Å². The molecule has 13 heavy (non-hydrogen) atoms. The summed E-state index contributed by atoms with van der Waals surface area (Å²) in [5.74, 6) is 0. The van der Waals surface area contributed by atoms with Crippen molar-refractivity contribution in [2.45, 2.75) is 18.8 Å². The first-order valence-electron chi connectivity index (χ1n) is 4.58. The first-order chi connectivity index (χ1) is 6.08. The Balaban J connectivity index is 2.99. The summed E-state index contributed by atoms with van der Waals surface area (Å²) in [6.45, 7) is 4.96. The van der Waals surface area contributed by atoms with E-state index in [2.05, 4.69) is 30.4 Å². The molecule has 0 saturated carbocycles. The monoisotopic (exact) mass is 213 g/mol. The molecule has 0 fully saturated rings. The van der Waals surface area contributed by atoms with Crippen LogP contribution < -0.4 is 10.5 Å². The fourth-order valence-electron chi connectivity index (χ4n) is 1.53. The maximum absolute atomic E-state index is 6.38. The Labute approximate surface area is 87.9 Å². The second kappa shape index (κ2) is 4.27. The molecule has 1 atom stereocenters. The van der Waals surface area contributed by atoms with Gasteiger partial charge in [0.05, 0.1) is 0 Å². The van der Waals surface area contributed by atoms with Crippen molar-refractivity contribution < 1.29 is 0 Å². The highest BCUT2D eigenvalue weighted by atomic mass is 35.5. The molecular formula is C10H16ClNSi. The van der Waals surface area contributed by atoms with Gasteiger partial charge in [-0.15, -0.1) is 0 Å². The summed E-state index contributed by atoms with van der Waals surface area (Å²) in [5.41, 5.74) is 1.21. The fourth-order valence-corrected chi connectivity index (χ4v) is 2.89. The summed E-state index contributed by atoms with van der Waals surface area (Å²) >= 11 is 6.38. The minimum atomic E-state index is -0.410. The third-order valence-corrected chi connectivity index (χ3v) is 3.37. The largest absolute Gasteiger partial charge is 0.296 e. The molecule has 0 saturated heterocycles. The molecule has 0 amide bonds. The number of hydrogen-bond donors (Lipinski definition) is 1. The van der Waals surface area contributed by atoms with Gasteiger partial charge in [-0.05, 0) is 19.0 Å². The van der Waals surface area contributed by atoms with Gasteiger partial charge < -0.3 is 0 Å². The smallest absolute Gasteiger partial charge is 0.116 e. The molecule has 1 nitrogen and oxygen atoms in total. The van der Waals surface area contributed by atoms with Crippen LogP contribution in [0.25, 0.3) is 0 Å². The van der Waals surface area contributed by atoms with Crippen molar-refractivity contribution in [3.05, 3.63) is 29.8 Å². The average Bonchev–Trinajstić information content (AvgIpc) is 2.04. The number of rotatable bonds is 3. The summed E-state index contributed by atoms with van der Waals surface area (Å²) in [5, 5.41) is 4.63. The van der Waals surface area contributed by atoms with E-state index in [0.717, 1.165) is 16.8 Å². The van der Waals surface area contributed by atoms with E-state index in [1.54, 1.807) is 0 Å². The van der Waals surface area contributed by atoms with Crippen LogP contribution in [0.2, 0.25) is 0 Å². The molecule has 1 rings (SSSR count). The molecule has 1 N–H and O–H groups in total. The van der Waals surface area contributed by atoms with Crippen LogP contribution in [-0.2, 0) is 5.00 Å². The van der Waals surface area contributed by atoms with E-state index in [9.17, 15) is 0 Å². The van der Waals surface area contributed by atoms with Gasteiger partial charge in [-0.25, -0.2) is 0 Å². The Morgan fingerprint density at radius 2 is 2.08 bits per heavy atom. The SMILES string of the molecule is CCNC(C)(Cl)c1ccccc1[SiH3]. The van der Waals surface area contributed by atoms with Crippen molar-refractivity contribution in [2.75, 3.05) is 6.54 Å². The van der Waals surface area contributed by atoms with Crippen molar-refractivity contribution in [3.8, 4) is 0 Å². The van der Waals surface area contributed by atoms with Gasteiger partial charge in [0.15, 0.2) is 0 Å². The summed E-state index contributed by atoms with van der Waals surface area (Å²) < 4.78 is 0. The van der Waals surface area contributed by atoms with E-state index < -0.39 is 5.00 Å². The molecule has 0 aliphatic heterocycles. The van der Waals surface area contributed by atoms with Gasteiger partial charge in [0.25, 0.3) is 0 Å².